The molecule has 1 N–H and O–H groups in total. The lowest BCUT2D eigenvalue weighted by atomic mass is 10.5. The van der Waals surface area contributed by atoms with E-state index in [0.29, 0.717) is 0 Å². The number of hydrogen-bond acceptors (Lipinski definition) is 1. The van der Waals surface area contributed by atoms with Crippen molar-refractivity contribution in [1.29, 1.82) is 0 Å². The molecule has 0 bridgehead atoms. The molecule has 1 radical (unpaired) electrons. The Morgan fingerprint density at radius 2 is 2.00 bits per heavy atom. The molecule has 0 fully saturated rings. The first-order valence-corrected chi connectivity index (χ1v) is 2.41. The van der Waals surface area contributed by atoms with Crippen molar-refractivity contribution in [1.82, 2.24) is 0 Å². The minimum atomic E-state index is 0.0312. The third kappa shape index (κ3) is 5.92. The van der Waals surface area contributed by atoms with Crippen molar-refractivity contribution in [2.24, 2.45) is 0 Å². The summed E-state index contributed by atoms with van der Waals surface area (Å²) < 4.78 is 0.0312. The first-order chi connectivity index (χ1) is 3.06. The van der Waals surface area contributed by atoms with Crippen LogP contribution in [-0.4, -0.2) is 30.5 Å². The Hall–Kier alpha value is -0.0800. The van der Waals surface area contributed by atoms with Crippen LogP contribution in [0.4, 0.5) is 0 Å². The van der Waals surface area contributed by atoms with Crippen LogP contribution in [0.25, 0.3) is 0 Å². The Morgan fingerprint density at radius 3 is 2.00 bits per heavy atom. The summed E-state index contributed by atoms with van der Waals surface area (Å²) in [7, 11) is 3.45. The van der Waals surface area contributed by atoms with Crippen molar-refractivity contribution in [3.05, 3.63) is 6.92 Å². The first-order valence-electron chi connectivity index (χ1n) is 2.41. The molecule has 0 aliphatic rings. The molecule has 43 valence electrons. The van der Waals surface area contributed by atoms with E-state index in [0.717, 1.165) is 13.0 Å². The van der Waals surface area contributed by atoms with Crippen molar-refractivity contribution < 1.29 is 9.85 Å². The van der Waals surface area contributed by atoms with E-state index >= 15 is 0 Å². The van der Waals surface area contributed by atoms with Crippen LogP contribution >= 0.6 is 0 Å². The summed E-state index contributed by atoms with van der Waals surface area (Å²) in [6.07, 6.45) is 0.781. The lowest BCUT2D eigenvalue weighted by Crippen LogP contribution is -2.35. The van der Waals surface area contributed by atoms with Crippen molar-refractivity contribution in [2.45, 2.75) is 6.42 Å². The molecule has 0 amide bonds. The van der Waals surface area contributed by atoms with E-state index in [1.54, 1.807) is 14.1 Å². The van der Waals surface area contributed by atoms with Crippen LogP contribution in [0.2, 0.25) is 0 Å². The van der Waals surface area contributed by atoms with Gasteiger partial charge in [-0.25, -0.2) is 5.21 Å². The second-order valence-electron chi connectivity index (χ2n) is 2.20. The molecule has 0 atom stereocenters. The molecule has 7 heavy (non-hydrogen) atoms. The second kappa shape index (κ2) is 2.28. The zero-order valence-electron chi connectivity index (χ0n) is 5.02. The van der Waals surface area contributed by atoms with Gasteiger partial charge in [0.05, 0.1) is 14.1 Å². The molecule has 0 spiro atoms. The molecule has 0 aromatic rings. The van der Waals surface area contributed by atoms with Gasteiger partial charge in [0.1, 0.15) is 6.54 Å². The minimum absolute atomic E-state index is 0.0312. The molecule has 0 aromatic carbocycles. The van der Waals surface area contributed by atoms with Gasteiger partial charge in [0.25, 0.3) is 0 Å². The van der Waals surface area contributed by atoms with E-state index in [1.165, 1.54) is 0 Å². The third-order valence-electron chi connectivity index (χ3n) is 0.705. The average molecular weight is 103 g/mol. The molecule has 0 aliphatic heterocycles. The summed E-state index contributed by atoms with van der Waals surface area (Å²) in [6, 6.07) is 0. The standard InChI is InChI=1S/C5H13NO/c1-4-5-6(2,3)7/h7H,1,4-5H2,2-3H3/q+1. The summed E-state index contributed by atoms with van der Waals surface area (Å²) >= 11 is 0. The monoisotopic (exact) mass is 103 g/mol. The summed E-state index contributed by atoms with van der Waals surface area (Å²) in [4.78, 5) is 0. The second-order valence-corrected chi connectivity index (χ2v) is 2.20. The predicted molar refractivity (Wildman–Crippen MR) is 28.7 cm³/mol. The largest absolute Gasteiger partial charge is 0.217 e. The van der Waals surface area contributed by atoms with Crippen LogP contribution in [0.3, 0.4) is 0 Å². The molecule has 2 heteroatoms. The van der Waals surface area contributed by atoms with Gasteiger partial charge in [-0.05, 0) is 13.3 Å². The Morgan fingerprint density at radius 1 is 1.57 bits per heavy atom. The van der Waals surface area contributed by atoms with Gasteiger partial charge in [0.2, 0.25) is 0 Å². The van der Waals surface area contributed by atoms with Gasteiger partial charge in [-0.15, -0.1) is 0 Å². The number of hydrogen-bond donors (Lipinski definition) is 1. The minimum Gasteiger partial charge on any atom is -0.217 e. The SMILES string of the molecule is [CH2]CC[N+](C)(C)O. The molecule has 0 aromatic heterocycles. The van der Waals surface area contributed by atoms with E-state index in [4.69, 9.17) is 5.21 Å². The quantitative estimate of drug-likeness (QED) is 0.402. The fourth-order valence-electron chi connectivity index (χ4n) is 0.387. The Kier molecular flexibility index (Phi) is 2.26. The van der Waals surface area contributed by atoms with Crippen LogP contribution in [0.1, 0.15) is 6.42 Å². The Balaban J connectivity index is 3.15. The Bertz CT molecular complexity index is 46.5. The smallest absolute Gasteiger partial charge is 0.108 e. The first kappa shape index (κ1) is 6.92. The number of hydroxylamine groups is 3. The maximum absolute atomic E-state index is 8.92. The number of nitrogens with zero attached hydrogens (tertiary/aromatic N) is 1. The zero-order chi connectivity index (χ0) is 5.91. The molecular formula is C5H13NO+. The highest BCUT2D eigenvalue weighted by Gasteiger charge is 2.05. The van der Waals surface area contributed by atoms with E-state index in [-0.39, 0.29) is 4.65 Å². The van der Waals surface area contributed by atoms with Crippen molar-refractivity contribution in [3.8, 4) is 0 Å². The fraction of sp³-hybridized carbons (Fsp3) is 0.800. The van der Waals surface area contributed by atoms with Gasteiger partial charge in [0, 0.05) is 0 Å². The lowest BCUT2D eigenvalue weighted by Gasteiger charge is -2.17. The Labute approximate surface area is 44.9 Å². The maximum atomic E-state index is 8.92. The summed E-state index contributed by atoms with van der Waals surface area (Å²) in [5.41, 5.74) is 0. The van der Waals surface area contributed by atoms with Gasteiger partial charge in [-0.1, -0.05) is 0 Å². The van der Waals surface area contributed by atoms with E-state index in [9.17, 15) is 0 Å². The topological polar surface area (TPSA) is 20.2 Å². The van der Waals surface area contributed by atoms with Gasteiger partial charge in [0.15, 0.2) is 0 Å². The van der Waals surface area contributed by atoms with Crippen molar-refractivity contribution in [2.75, 3.05) is 20.6 Å². The van der Waals surface area contributed by atoms with Gasteiger partial charge in [-0.2, -0.15) is 4.65 Å². The van der Waals surface area contributed by atoms with Crippen LogP contribution in [-0.2, 0) is 0 Å². The molecule has 0 aliphatic carbocycles. The molecule has 0 unspecified atom stereocenters. The zero-order valence-corrected chi connectivity index (χ0v) is 5.02. The highest BCUT2D eigenvalue weighted by atomic mass is 16.5. The van der Waals surface area contributed by atoms with E-state index in [2.05, 4.69) is 6.92 Å². The number of quaternary nitrogens is 1. The van der Waals surface area contributed by atoms with Gasteiger partial charge in [-0.3, -0.25) is 0 Å². The molecule has 2 nitrogen and oxygen atoms in total. The highest BCUT2D eigenvalue weighted by molar-refractivity contribution is 4.31. The highest BCUT2D eigenvalue weighted by Crippen LogP contribution is 1.89. The third-order valence-corrected chi connectivity index (χ3v) is 0.705. The summed E-state index contributed by atoms with van der Waals surface area (Å²) in [6.45, 7) is 4.32. The lowest BCUT2D eigenvalue weighted by molar-refractivity contribution is -1.07. The average Bonchev–Trinajstić information content (AvgIpc) is 1.30. The molecule has 0 saturated carbocycles. The van der Waals surface area contributed by atoms with Gasteiger partial charge >= 0.3 is 0 Å². The summed E-state index contributed by atoms with van der Waals surface area (Å²) in [5.74, 6) is 0. The number of rotatable bonds is 2. The molecule has 0 rings (SSSR count). The fourth-order valence-corrected chi connectivity index (χ4v) is 0.387. The van der Waals surface area contributed by atoms with Crippen LogP contribution in [0.15, 0.2) is 0 Å². The van der Waals surface area contributed by atoms with Crippen LogP contribution in [0.5, 0.6) is 0 Å². The normalized spacial score (nSPS) is 12.0. The maximum Gasteiger partial charge on any atom is 0.108 e. The van der Waals surface area contributed by atoms with E-state index < -0.39 is 0 Å². The molecular weight excluding hydrogens is 90.1 g/mol. The molecule has 0 heterocycles. The van der Waals surface area contributed by atoms with Crippen molar-refractivity contribution in [3.63, 3.8) is 0 Å². The predicted octanol–water partition coefficient (Wildman–Crippen LogP) is 0.676. The van der Waals surface area contributed by atoms with Crippen LogP contribution < -0.4 is 0 Å². The molecule has 0 saturated heterocycles. The van der Waals surface area contributed by atoms with Gasteiger partial charge < -0.3 is 0 Å². The summed E-state index contributed by atoms with van der Waals surface area (Å²) in [5, 5.41) is 8.92. The van der Waals surface area contributed by atoms with Crippen LogP contribution in [0, 0.1) is 6.92 Å². The van der Waals surface area contributed by atoms with E-state index in [1.807, 2.05) is 0 Å². The van der Waals surface area contributed by atoms with Crippen molar-refractivity contribution >= 4 is 0 Å².